The van der Waals surface area contributed by atoms with Gasteiger partial charge in [-0.15, -0.1) is 11.3 Å². The van der Waals surface area contributed by atoms with Crippen LogP contribution in [0, 0.1) is 0 Å². The van der Waals surface area contributed by atoms with Crippen molar-refractivity contribution in [3.63, 3.8) is 0 Å². The summed E-state index contributed by atoms with van der Waals surface area (Å²) >= 11 is 7.45. The lowest BCUT2D eigenvalue weighted by Gasteiger charge is -2.01. The van der Waals surface area contributed by atoms with E-state index in [0.717, 1.165) is 26.6 Å². The Labute approximate surface area is 126 Å². The van der Waals surface area contributed by atoms with Crippen LogP contribution in [0.2, 0.25) is 5.02 Å². The Morgan fingerprint density at radius 3 is 2.55 bits per heavy atom. The second kappa shape index (κ2) is 6.20. The number of hydrogen-bond acceptors (Lipinski definition) is 3. The Kier molecular flexibility index (Phi) is 4.57. The molecule has 0 aliphatic rings. The molecule has 0 saturated carbocycles. The summed E-state index contributed by atoms with van der Waals surface area (Å²) in [5.74, 6) is -0.837. The standard InChI is InChI=1S/C15H14ClNO2S/c1-9(17-2)13-7-11(8-14(18)19)15(20-13)10-3-5-12(16)6-4-10/h3-7H,8H2,1-2H3,(H,18,19)/b17-9+. The van der Waals surface area contributed by atoms with Crippen molar-refractivity contribution in [3.8, 4) is 10.4 Å². The van der Waals surface area contributed by atoms with Crippen LogP contribution in [0.5, 0.6) is 0 Å². The van der Waals surface area contributed by atoms with Crippen molar-refractivity contribution in [1.82, 2.24) is 0 Å². The maximum Gasteiger partial charge on any atom is 0.307 e. The van der Waals surface area contributed by atoms with E-state index >= 15 is 0 Å². The van der Waals surface area contributed by atoms with Gasteiger partial charge in [-0.05, 0) is 36.2 Å². The van der Waals surface area contributed by atoms with Crippen molar-refractivity contribution in [3.05, 3.63) is 45.8 Å². The molecule has 2 aromatic rings. The predicted molar refractivity (Wildman–Crippen MR) is 84.2 cm³/mol. The first-order chi connectivity index (χ1) is 9.51. The molecule has 2 rings (SSSR count). The minimum atomic E-state index is -0.837. The first-order valence-corrected chi connectivity index (χ1v) is 7.25. The fourth-order valence-corrected chi connectivity index (χ4v) is 3.16. The highest BCUT2D eigenvalue weighted by Crippen LogP contribution is 2.34. The SMILES string of the molecule is C/N=C(\C)c1cc(CC(=O)O)c(-c2ccc(Cl)cc2)s1. The van der Waals surface area contributed by atoms with Crippen molar-refractivity contribution in [1.29, 1.82) is 0 Å². The molecule has 0 spiro atoms. The Bertz CT molecular complexity index is 659. The van der Waals surface area contributed by atoms with Crippen molar-refractivity contribution >= 4 is 34.6 Å². The molecule has 104 valence electrons. The molecule has 0 amide bonds. The highest BCUT2D eigenvalue weighted by Gasteiger charge is 2.15. The molecule has 0 aliphatic heterocycles. The van der Waals surface area contributed by atoms with Gasteiger partial charge in [0, 0.05) is 27.5 Å². The molecule has 0 saturated heterocycles. The molecule has 0 radical (unpaired) electrons. The topological polar surface area (TPSA) is 49.7 Å². The van der Waals surface area contributed by atoms with Crippen LogP contribution < -0.4 is 0 Å². The van der Waals surface area contributed by atoms with Gasteiger partial charge in [0.15, 0.2) is 0 Å². The zero-order chi connectivity index (χ0) is 14.7. The summed E-state index contributed by atoms with van der Waals surface area (Å²) in [7, 11) is 1.73. The maximum absolute atomic E-state index is 11.0. The number of aliphatic carboxylic acids is 1. The highest BCUT2D eigenvalue weighted by molar-refractivity contribution is 7.17. The van der Waals surface area contributed by atoms with Gasteiger partial charge in [0.05, 0.1) is 6.42 Å². The molecule has 0 atom stereocenters. The van der Waals surface area contributed by atoms with E-state index in [4.69, 9.17) is 16.7 Å². The molecule has 0 aliphatic carbocycles. The lowest BCUT2D eigenvalue weighted by molar-refractivity contribution is -0.136. The van der Waals surface area contributed by atoms with Crippen LogP contribution in [0.15, 0.2) is 35.3 Å². The smallest absolute Gasteiger partial charge is 0.307 e. The van der Waals surface area contributed by atoms with Gasteiger partial charge in [-0.1, -0.05) is 23.7 Å². The van der Waals surface area contributed by atoms with E-state index in [1.165, 1.54) is 0 Å². The van der Waals surface area contributed by atoms with Crippen molar-refractivity contribution in [2.75, 3.05) is 7.05 Å². The Hall–Kier alpha value is -1.65. The fraction of sp³-hybridized carbons (Fsp3) is 0.200. The van der Waals surface area contributed by atoms with Gasteiger partial charge in [-0.3, -0.25) is 9.79 Å². The number of carboxylic acid groups (broad SMARTS) is 1. The number of carbonyl (C=O) groups is 1. The van der Waals surface area contributed by atoms with E-state index in [2.05, 4.69) is 4.99 Å². The van der Waals surface area contributed by atoms with Gasteiger partial charge >= 0.3 is 5.97 Å². The van der Waals surface area contributed by atoms with Crippen molar-refractivity contribution < 1.29 is 9.90 Å². The molecular formula is C15H14ClNO2S. The minimum Gasteiger partial charge on any atom is -0.481 e. The molecule has 1 aromatic carbocycles. The third-order valence-corrected chi connectivity index (χ3v) is 4.54. The Morgan fingerprint density at radius 1 is 1.35 bits per heavy atom. The van der Waals surface area contributed by atoms with Gasteiger partial charge in [-0.2, -0.15) is 0 Å². The summed E-state index contributed by atoms with van der Waals surface area (Å²) < 4.78 is 0. The highest BCUT2D eigenvalue weighted by atomic mass is 35.5. The second-order valence-corrected chi connectivity index (χ2v) is 5.84. The van der Waals surface area contributed by atoms with E-state index in [9.17, 15) is 4.79 Å². The van der Waals surface area contributed by atoms with Crippen LogP contribution in [0.25, 0.3) is 10.4 Å². The van der Waals surface area contributed by atoms with Gasteiger partial charge < -0.3 is 5.11 Å². The van der Waals surface area contributed by atoms with Crippen LogP contribution in [0.3, 0.4) is 0 Å². The Morgan fingerprint density at radius 2 is 2.00 bits per heavy atom. The van der Waals surface area contributed by atoms with Gasteiger partial charge in [-0.25, -0.2) is 0 Å². The van der Waals surface area contributed by atoms with Crippen LogP contribution in [-0.4, -0.2) is 23.8 Å². The second-order valence-electron chi connectivity index (χ2n) is 4.35. The van der Waals surface area contributed by atoms with Gasteiger partial charge in [0.1, 0.15) is 0 Å². The number of carboxylic acids is 1. The summed E-state index contributed by atoms with van der Waals surface area (Å²) in [6, 6.07) is 9.33. The largest absolute Gasteiger partial charge is 0.481 e. The minimum absolute atomic E-state index is 0.00541. The quantitative estimate of drug-likeness (QED) is 0.863. The molecule has 5 heteroatoms. The first kappa shape index (κ1) is 14.8. The predicted octanol–water partition coefficient (Wildman–Crippen LogP) is 4.13. The summed E-state index contributed by atoms with van der Waals surface area (Å²) in [6.07, 6.45) is 0.00541. The molecule has 0 unspecified atom stereocenters. The van der Waals surface area contributed by atoms with E-state index < -0.39 is 5.97 Å². The molecule has 3 nitrogen and oxygen atoms in total. The van der Waals surface area contributed by atoms with E-state index in [1.807, 2.05) is 37.3 Å². The van der Waals surface area contributed by atoms with Crippen LogP contribution >= 0.6 is 22.9 Å². The van der Waals surface area contributed by atoms with Gasteiger partial charge in [0.2, 0.25) is 0 Å². The van der Waals surface area contributed by atoms with Crippen LogP contribution in [0.4, 0.5) is 0 Å². The number of hydrogen-bond donors (Lipinski definition) is 1. The third-order valence-electron chi connectivity index (χ3n) is 2.95. The number of nitrogens with zero attached hydrogens (tertiary/aromatic N) is 1. The zero-order valence-corrected chi connectivity index (χ0v) is 12.8. The van der Waals surface area contributed by atoms with E-state index in [0.29, 0.717) is 5.02 Å². The number of thiophene rings is 1. The lowest BCUT2D eigenvalue weighted by Crippen LogP contribution is -2.00. The normalized spacial score (nSPS) is 11.7. The van der Waals surface area contributed by atoms with Crippen molar-refractivity contribution in [2.24, 2.45) is 4.99 Å². The summed E-state index contributed by atoms with van der Waals surface area (Å²) in [5.41, 5.74) is 2.69. The van der Waals surface area contributed by atoms with Crippen LogP contribution in [-0.2, 0) is 11.2 Å². The maximum atomic E-state index is 11.0. The monoisotopic (exact) mass is 307 g/mol. The number of aliphatic imine (C=N–C) groups is 1. The zero-order valence-electron chi connectivity index (χ0n) is 11.2. The number of benzene rings is 1. The molecule has 1 aromatic heterocycles. The summed E-state index contributed by atoms with van der Waals surface area (Å²) in [6.45, 7) is 1.92. The molecule has 0 bridgehead atoms. The molecule has 1 N–H and O–H groups in total. The molecule has 0 fully saturated rings. The van der Waals surface area contributed by atoms with E-state index in [1.54, 1.807) is 18.4 Å². The number of rotatable bonds is 4. The summed E-state index contributed by atoms with van der Waals surface area (Å²) in [4.78, 5) is 17.1. The van der Waals surface area contributed by atoms with E-state index in [-0.39, 0.29) is 6.42 Å². The Balaban J connectivity index is 2.51. The van der Waals surface area contributed by atoms with Gasteiger partial charge in [0.25, 0.3) is 0 Å². The lowest BCUT2D eigenvalue weighted by atomic mass is 10.1. The average molecular weight is 308 g/mol. The molecule has 1 heterocycles. The first-order valence-electron chi connectivity index (χ1n) is 6.05. The molecular weight excluding hydrogens is 294 g/mol. The fourth-order valence-electron chi connectivity index (χ4n) is 1.86. The number of halogens is 1. The summed E-state index contributed by atoms with van der Waals surface area (Å²) in [5, 5.41) is 9.70. The third kappa shape index (κ3) is 3.26. The van der Waals surface area contributed by atoms with Crippen molar-refractivity contribution in [2.45, 2.75) is 13.3 Å². The molecule has 20 heavy (non-hydrogen) atoms. The average Bonchev–Trinajstić information content (AvgIpc) is 2.82. The van der Waals surface area contributed by atoms with Crippen LogP contribution in [0.1, 0.15) is 17.4 Å².